The molecule has 0 saturated carbocycles. The van der Waals surface area contributed by atoms with Gasteiger partial charge in [-0.1, -0.05) is 18.7 Å². The number of halogens is 1. The molecule has 0 aliphatic rings. The van der Waals surface area contributed by atoms with Gasteiger partial charge in [-0.05, 0) is 58.5 Å². The SMILES string of the molecule is C=CC(=O)Oc1ccc(-c2ccc(I)cc2OC)cc1. The highest BCUT2D eigenvalue weighted by molar-refractivity contribution is 14.1. The lowest BCUT2D eigenvalue weighted by molar-refractivity contribution is -0.128. The van der Waals surface area contributed by atoms with Gasteiger partial charge in [0.05, 0.1) is 7.11 Å². The fourth-order valence-electron chi connectivity index (χ4n) is 1.76. The summed E-state index contributed by atoms with van der Waals surface area (Å²) in [5, 5.41) is 0. The lowest BCUT2D eigenvalue weighted by Gasteiger charge is -2.10. The molecule has 0 fully saturated rings. The number of benzene rings is 2. The predicted octanol–water partition coefficient (Wildman–Crippen LogP) is 4.06. The molecule has 0 amide bonds. The molecule has 0 spiro atoms. The van der Waals surface area contributed by atoms with Crippen LogP contribution in [0.4, 0.5) is 0 Å². The Bertz CT molecular complexity index is 633. The standard InChI is InChI=1S/C16H13IO3/c1-3-16(18)20-13-7-4-11(5-8-13)14-9-6-12(17)10-15(14)19-2/h3-10H,1H2,2H3. The first-order valence-corrected chi connectivity index (χ1v) is 7.00. The summed E-state index contributed by atoms with van der Waals surface area (Å²) < 4.78 is 11.5. The van der Waals surface area contributed by atoms with Gasteiger partial charge in [0.2, 0.25) is 0 Å². The van der Waals surface area contributed by atoms with Crippen LogP contribution in [0.15, 0.2) is 55.1 Å². The van der Waals surface area contributed by atoms with Gasteiger partial charge in [-0.25, -0.2) is 4.79 Å². The third kappa shape index (κ3) is 3.39. The first-order valence-electron chi connectivity index (χ1n) is 5.92. The molecule has 0 unspecified atom stereocenters. The molecule has 0 bridgehead atoms. The fourth-order valence-corrected chi connectivity index (χ4v) is 2.23. The molecule has 0 saturated heterocycles. The molecule has 102 valence electrons. The molecule has 2 rings (SSSR count). The minimum absolute atomic E-state index is 0.468. The van der Waals surface area contributed by atoms with Gasteiger partial charge in [0.15, 0.2) is 0 Å². The lowest BCUT2D eigenvalue weighted by Crippen LogP contribution is -2.02. The van der Waals surface area contributed by atoms with E-state index < -0.39 is 5.97 Å². The molecular weight excluding hydrogens is 367 g/mol. The van der Waals surface area contributed by atoms with Crippen LogP contribution < -0.4 is 9.47 Å². The van der Waals surface area contributed by atoms with Crippen LogP contribution in [0.5, 0.6) is 11.5 Å². The maximum atomic E-state index is 11.1. The van der Waals surface area contributed by atoms with Crippen LogP contribution in [0, 0.1) is 3.57 Å². The van der Waals surface area contributed by atoms with Crippen molar-refractivity contribution in [3.8, 4) is 22.6 Å². The average Bonchev–Trinajstić information content (AvgIpc) is 2.48. The number of methoxy groups -OCH3 is 1. The topological polar surface area (TPSA) is 35.5 Å². The van der Waals surface area contributed by atoms with Crippen molar-refractivity contribution in [3.05, 3.63) is 58.7 Å². The number of carbonyl (C=O) groups excluding carboxylic acids is 1. The second-order valence-corrected chi connectivity index (χ2v) is 5.24. The Balaban J connectivity index is 2.30. The normalized spacial score (nSPS) is 9.90. The van der Waals surface area contributed by atoms with E-state index >= 15 is 0 Å². The minimum Gasteiger partial charge on any atom is -0.496 e. The Morgan fingerprint density at radius 2 is 1.90 bits per heavy atom. The fraction of sp³-hybridized carbons (Fsp3) is 0.0625. The van der Waals surface area contributed by atoms with Crippen molar-refractivity contribution >= 4 is 28.6 Å². The van der Waals surface area contributed by atoms with Gasteiger partial charge < -0.3 is 9.47 Å². The Kier molecular flexibility index (Phi) is 4.79. The van der Waals surface area contributed by atoms with E-state index in [4.69, 9.17) is 9.47 Å². The van der Waals surface area contributed by atoms with Gasteiger partial charge in [-0.2, -0.15) is 0 Å². The Hall–Kier alpha value is -1.82. The van der Waals surface area contributed by atoms with Gasteiger partial charge in [0.25, 0.3) is 0 Å². The molecule has 20 heavy (non-hydrogen) atoms. The number of carbonyl (C=O) groups is 1. The second kappa shape index (κ2) is 6.56. The molecule has 0 aliphatic heterocycles. The van der Waals surface area contributed by atoms with Crippen molar-refractivity contribution < 1.29 is 14.3 Å². The summed E-state index contributed by atoms with van der Waals surface area (Å²) in [6.45, 7) is 3.36. The van der Waals surface area contributed by atoms with E-state index in [1.54, 1.807) is 19.2 Å². The first-order chi connectivity index (χ1) is 9.63. The number of hydrogen-bond acceptors (Lipinski definition) is 3. The molecule has 0 aliphatic carbocycles. The molecule has 0 N–H and O–H groups in total. The first kappa shape index (κ1) is 14.6. The highest BCUT2D eigenvalue weighted by Gasteiger charge is 2.07. The third-order valence-electron chi connectivity index (χ3n) is 2.71. The van der Waals surface area contributed by atoms with Crippen molar-refractivity contribution in [2.75, 3.05) is 7.11 Å². The summed E-state index contributed by atoms with van der Waals surface area (Å²) in [6, 6.07) is 13.3. The Morgan fingerprint density at radius 1 is 1.20 bits per heavy atom. The molecule has 4 heteroatoms. The van der Waals surface area contributed by atoms with E-state index in [1.807, 2.05) is 30.3 Å². The van der Waals surface area contributed by atoms with Crippen molar-refractivity contribution in [1.82, 2.24) is 0 Å². The van der Waals surface area contributed by atoms with Gasteiger partial charge in [-0.3, -0.25) is 0 Å². The summed E-state index contributed by atoms with van der Waals surface area (Å²) in [4.78, 5) is 11.1. The van der Waals surface area contributed by atoms with Crippen LogP contribution in [-0.2, 0) is 4.79 Å². The number of hydrogen-bond donors (Lipinski definition) is 0. The van der Waals surface area contributed by atoms with Crippen molar-refractivity contribution in [2.45, 2.75) is 0 Å². The second-order valence-electron chi connectivity index (χ2n) is 3.99. The maximum absolute atomic E-state index is 11.1. The predicted molar refractivity (Wildman–Crippen MR) is 87.0 cm³/mol. The van der Waals surface area contributed by atoms with E-state index in [-0.39, 0.29) is 0 Å². The summed E-state index contributed by atoms with van der Waals surface area (Å²) in [5.74, 6) is 0.834. The van der Waals surface area contributed by atoms with Crippen molar-refractivity contribution in [2.24, 2.45) is 0 Å². The van der Waals surface area contributed by atoms with Gasteiger partial charge in [0, 0.05) is 15.2 Å². The van der Waals surface area contributed by atoms with Gasteiger partial charge in [0.1, 0.15) is 11.5 Å². The number of esters is 1. The molecular formula is C16H13IO3. The summed E-state index contributed by atoms with van der Waals surface area (Å²) >= 11 is 2.24. The highest BCUT2D eigenvalue weighted by atomic mass is 127. The van der Waals surface area contributed by atoms with Crippen LogP contribution >= 0.6 is 22.6 Å². The molecule has 0 atom stereocenters. The van der Waals surface area contributed by atoms with E-state index in [0.29, 0.717) is 5.75 Å². The maximum Gasteiger partial charge on any atom is 0.335 e. The van der Waals surface area contributed by atoms with Crippen LogP contribution in [0.25, 0.3) is 11.1 Å². The van der Waals surface area contributed by atoms with E-state index in [1.165, 1.54) is 0 Å². The van der Waals surface area contributed by atoms with Gasteiger partial charge in [-0.15, -0.1) is 0 Å². The third-order valence-corrected chi connectivity index (χ3v) is 3.38. The zero-order chi connectivity index (χ0) is 14.5. The Morgan fingerprint density at radius 3 is 2.50 bits per heavy atom. The van der Waals surface area contributed by atoms with E-state index in [2.05, 4.69) is 29.2 Å². The quantitative estimate of drug-likeness (QED) is 0.347. The van der Waals surface area contributed by atoms with Crippen LogP contribution in [-0.4, -0.2) is 13.1 Å². The zero-order valence-electron chi connectivity index (χ0n) is 10.9. The van der Waals surface area contributed by atoms with Crippen LogP contribution in [0.3, 0.4) is 0 Å². The molecule has 2 aromatic carbocycles. The number of ether oxygens (including phenoxy) is 2. The van der Waals surface area contributed by atoms with Crippen LogP contribution in [0.2, 0.25) is 0 Å². The summed E-state index contributed by atoms with van der Waals surface area (Å²) in [6.07, 6.45) is 1.13. The molecule has 0 radical (unpaired) electrons. The Labute approximate surface area is 131 Å². The molecule has 2 aromatic rings. The van der Waals surface area contributed by atoms with E-state index in [0.717, 1.165) is 26.5 Å². The summed E-state index contributed by atoms with van der Waals surface area (Å²) in [7, 11) is 1.65. The lowest BCUT2D eigenvalue weighted by atomic mass is 10.0. The van der Waals surface area contributed by atoms with Crippen molar-refractivity contribution in [1.29, 1.82) is 0 Å². The van der Waals surface area contributed by atoms with Gasteiger partial charge >= 0.3 is 5.97 Å². The van der Waals surface area contributed by atoms with Crippen LogP contribution in [0.1, 0.15) is 0 Å². The minimum atomic E-state index is -0.468. The largest absolute Gasteiger partial charge is 0.496 e. The average molecular weight is 380 g/mol. The molecule has 0 aromatic heterocycles. The molecule has 0 heterocycles. The molecule has 3 nitrogen and oxygen atoms in total. The summed E-state index contributed by atoms with van der Waals surface area (Å²) in [5.41, 5.74) is 1.99. The van der Waals surface area contributed by atoms with E-state index in [9.17, 15) is 4.79 Å². The smallest absolute Gasteiger partial charge is 0.335 e. The highest BCUT2D eigenvalue weighted by Crippen LogP contribution is 2.32. The zero-order valence-corrected chi connectivity index (χ0v) is 13.1. The number of rotatable bonds is 4. The van der Waals surface area contributed by atoms with Crippen molar-refractivity contribution in [3.63, 3.8) is 0 Å². The monoisotopic (exact) mass is 380 g/mol.